The van der Waals surface area contributed by atoms with Crippen molar-refractivity contribution in [1.82, 2.24) is 0 Å². The standard InChI is InChI=1S/C15H13ClN2O/c16-11-5-7-12(8-6-11)18-10-9-14(17-19)13-3-1-2-4-15(13)18/h1-8,19H,9-10H2/b17-14-. The van der Waals surface area contributed by atoms with Crippen molar-refractivity contribution < 1.29 is 5.21 Å². The summed E-state index contributed by atoms with van der Waals surface area (Å²) in [6.45, 7) is 0.790. The maximum absolute atomic E-state index is 9.08. The fraction of sp³-hybridized carbons (Fsp3) is 0.133. The van der Waals surface area contributed by atoms with Crippen molar-refractivity contribution in [3.8, 4) is 0 Å². The van der Waals surface area contributed by atoms with E-state index in [1.807, 2.05) is 48.5 Å². The molecule has 0 aliphatic carbocycles. The Morgan fingerprint density at radius 3 is 2.53 bits per heavy atom. The highest BCUT2D eigenvalue weighted by Gasteiger charge is 2.22. The Morgan fingerprint density at radius 2 is 1.79 bits per heavy atom. The van der Waals surface area contributed by atoms with E-state index >= 15 is 0 Å². The van der Waals surface area contributed by atoms with Gasteiger partial charge >= 0.3 is 0 Å². The molecule has 0 radical (unpaired) electrons. The lowest BCUT2D eigenvalue weighted by Crippen LogP contribution is -2.28. The van der Waals surface area contributed by atoms with Gasteiger partial charge in [0, 0.05) is 29.2 Å². The number of nitrogens with zero attached hydrogens (tertiary/aromatic N) is 2. The maximum Gasteiger partial charge on any atom is 0.0906 e. The van der Waals surface area contributed by atoms with Crippen LogP contribution in [0.2, 0.25) is 5.02 Å². The molecule has 0 bridgehead atoms. The fourth-order valence-corrected chi connectivity index (χ4v) is 2.54. The second-order valence-electron chi connectivity index (χ2n) is 4.44. The first-order valence-corrected chi connectivity index (χ1v) is 6.51. The summed E-state index contributed by atoms with van der Waals surface area (Å²) in [6, 6.07) is 15.7. The van der Waals surface area contributed by atoms with Crippen molar-refractivity contribution in [2.24, 2.45) is 5.16 Å². The van der Waals surface area contributed by atoms with Crippen LogP contribution in [0, 0.1) is 0 Å². The number of hydrogen-bond acceptors (Lipinski definition) is 3. The summed E-state index contributed by atoms with van der Waals surface area (Å²) in [6.07, 6.45) is 0.718. The van der Waals surface area contributed by atoms with Gasteiger partial charge in [-0.3, -0.25) is 0 Å². The highest BCUT2D eigenvalue weighted by atomic mass is 35.5. The summed E-state index contributed by atoms with van der Waals surface area (Å²) in [7, 11) is 0. The Hall–Kier alpha value is -2.00. The van der Waals surface area contributed by atoms with Gasteiger partial charge in [0.1, 0.15) is 0 Å². The van der Waals surface area contributed by atoms with Gasteiger partial charge in [-0.05, 0) is 30.3 Å². The summed E-state index contributed by atoms with van der Waals surface area (Å²) in [5.41, 5.74) is 3.87. The number of oxime groups is 1. The fourth-order valence-electron chi connectivity index (χ4n) is 2.42. The van der Waals surface area contributed by atoms with E-state index in [-0.39, 0.29) is 0 Å². The van der Waals surface area contributed by atoms with Gasteiger partial charge in [-0.1, -0.05) is 35.0 Å². The SMILES string of the molecule is O/N=C1/CCN(c2ccc(Cl)cc2)c2ccccc21. The Morgan fingerprint density at radius 1 is 1.05 bits per heavy atom. The lowest BCUT2D eigenvalue weighted by Gasteiger charge is -2.31. The molecule has 4 heteroatoms. The number of para-hydroxylation sites is 1. The zero-order chi connectivity index (χ0) is 13.2. The lowest BCUT2D eigenvalue weighted by molar-refractivity contribution is 0.318. The summed E-state index contributed by atoms with van der Waals surface area (Å²) in [4.78, 5) is 2.21. The van der Waals surface area contributed by atoms with Crippen LogP contribution in [0.25, 0.3) is 0 Å². The maximum atomic E-state index is 9.08. The number of fused-ring (bicyclic) bond motifs is 1. The van der Waals surface area contributed by atoms with Crippen LogP contribution in [-0.4, -0.2) is 17.5 Å². The Labute approximate surface area is 116 Å². The molecule has 96 valence electrons. The molecule has 3 rings (SSSR count). The molecule has 0 saturated heterocycles. The summed E-state index contributed by atoms with van der Waals surface area (Å²) < 4.78 is 0. The molecule has 0 fully saturated rings. The molecule has 1 aliphatic rings. The summed E-state index contributed by atoms with van der Waals surface area (Å²) in [5.74, 6) is 0. The lowest BCUT2D eigenvalue weighted by atomic mass is 9.99. The highest BCUT2D eigenvalue weighted by molar-refractivity contribution is 6.30. The van der Waals surface area contributed by atoms with Gasteiger partial charge in [-0.15, -0.1) is 0 Å². The van der Waals surface area contributed by atoms with E-state index in [0.29, 0.717) is 0 Å². The van der Waals surface area contributed by atoms with E-state index in [1.165, 1.54) is 0 Å². The third kappa shape index (κ3) is 2.17. The van der Waals surface area contributed by atoms with Crippen LogP contribution in [-0.2, 0) is 0 Å². The van der Waals surface area contributed by atoms with Gasteiger partial charge in [-0.2, -0.15) is 0 Å². The zero-order valence-electron chi connectivity index (χ0n) is 10.3. The monoisotopic (exact) mass is 272 g/mol. The number of benzene rings is 2. The van der Waals surface area contributed by atoms with E-state index in [0.717, 1.165) is 40.6 Å². The van der Waals surface area contributed by atoms with Gasteiger partial charge in [-0.25, -0.2) is 0 Å². The minimum atomic E-state index is 0.718. The van der Waals surface area contributed by atoms with Gasteiger partial charge in [0.25, 0.3) is 0 Å². The van der Waals surface area contributed by atoms with E-state index in [9.17, 15) is 0 Å². The molecular weight excluding hydrogens is 260 g/mol. The zero-order valence-corrected chi connectivity index (χ0v) is 11.0. The van der Waals surface area contributed by atoms with E-state index in [1.54, 1.807) is 0 Å². The molecule has 1 N–H and O–H groups in total. The topological polar surface area (TPSA) is 35.8 Å². The average Bonchev–Trinajstić information content (AvgIpc) is 2.47. The average molecular weight is 273 g/mol. The van der Waals surface area contributed by atoms with E-state index < -0.39 is 0 Å². The number of halogens is 1. The van der Waals surface area contributed by atoms with Crippen molar-refractivity contribution in [3.63, 3.8) is 0 Å². The third-order valence-corrected chi connectivity index (χ3v) is 3.59. The third-order valence-electron chi connectivity index (χ3n) is 3.34. The van der Waals surface area contributed by atoms with Crippen LogP contribution in [0.5, 0.6) is 0 Å². The molecular formula is C15H13ClN2O. The molecule has 0 aromatic heterocycles. The van der Waals surface area contributed by atoms with Crippen molar-refractivity contribution in [1.29, 1.82) is 0 Å². The minimum Gasteiger partial charge on any atom is -0.411 e. The van der Waals surface area contributed by atoms with Crippen LogP contribution in [0.3, 0.4) is 0 Å². The van der Waals surface area contributed by atoms with Gasteiger partial charge in [0.2, 0.25) is 0 Å². The quantitative estimate of drug-likeness (QED) is 0.628. The van der Waals surface area contributed by atoms with E-state index in [2.05, 4.69) is 10.1 Å². The van der Waals surface area contributed by atoms with Crippen molar-refractivity contribution in [2.45, 2.75) is 6.42 Å². The number of hydrogen-bond donors (Lipinski definition) is 1. The first kappa shape index (κ1) is 12.1. The van der Waals surface area contributed by atoms with Gasteiger partial charge in [0.15, 0.2) is 0 Å². The smallest absolute Gasteiger partial charge is 0.0906 e. The first-order valence-electron chi connectivity index (χ1n) is 6.13. The van der Waals surface area contributed by atoms with Crippen molar-refractivity contribution in [2.75, 3.05) is 11.4 Å². The molecule has 1 heterocycles. The molecule has 0 atom stereocenters. The molecule has 2 aromatic carbocycles. The first-order chi connectivity index (χ1) is 9.29. The number of rotatable bonds is 1. The Bertz CT molecular complexity index is 622. The summed E-state index contributed by atoms with van der Waals surface area (Å²) in [5, 5.41) is 13.2. The molecule has 3 nitrogen and oxygen atoms in total. The Balaban J connectivity index is 2.07. The Kier molecular flexibility index (Phi) is 3.13. The predicted molar refractivity (Wildman–Crippen MR) is 77.8 cm³/mol. The normalized spacial score (nSPS) is 16.5. The van der Waals surface area contributed by atoms with Gasteiger partial charge in [0.05, 0.1) is 11.4 Å². The van der Waals surface area contributed by atoms with Crippen LogP contribution in [0.1, 0.15) is 12.0 Å². The van der Waals surface area contributed by atoms with E-state index in [4.69, 9.17) is 16.8 Å². The van der Waals surface area contributed by atoms with Crippen molar-refractivity contribution >= 4 is 28.7 Å². The van der Waals surface area contributed by atoms with Crippen LogP contribution in [0.15, 0.2) is 53.7 Å². The highest BCUT2D eigenvalue weighted by Crippen LogP contribution is 2.33. The molecule has 0 amide bonds. The number of anilines is 2. The molecule has 1 aliphatic heterocycles. The minimum absolute atomic E-state index is 0.718. The second-order valence-corrected chi connectivity index (χ2v) is 4.88. The van der Waals surface area contributed by atoms with Crippen LogP contribution in [0.4, 0.5) is 11.4 Å². The molecule has 2 aromatic rings. The second kappa shape index (κ2) is 4.94. The van der Waals surface area contributed by atoms with Crippen LogP contribution < -0.4 is 4.90 Å². The molecule has 0 spiro atoms. The van der Waals surface area contributed by atoms with Gasteiger partial charge < -0.3 is 10.1 Å². The molecule has 0 saturated carbocycles. The largest absolute Gasteiger partial charge is 0.411 e. The molecule has 0 unspecified atom stereocenters. The predicted octanol–water partition coefficient (Wildman–Crippen LogP) is 4.06. The molecule has 19 heavy (non-hydrogen) atoms. The van der Waals surface area contributed by atoms with Crippen LogP contribution >= 0.6 is 11.6 Å². The summed E-state index contributed by atoms with van der Waals surface area (Å²) >= 11 is 5.93. The van der Waals surface area contributed by atoms with Crippen molar-refractivity contribution in [3.05, 3.63) is 59.1 Å².